The summed E-state index contributed by atoms with van der Waals surface area (Å²) in [6.45, 7) is -0.655. The van der Waals surface area contributed by atoms with Gasteiger partial charge >= 0.3 is 6.18 Å². The van der Waals surface area contributed by atoms with Gasteiger partial charge < -0.3 is 14.8 Å². The number of hydrogen-bond acceptors (Lipinski definition) is 3. The number of hydrogen-bond donors (Lipinski definition) is 1. The maximum absolute atomic E-state index is 12.6. The van der Waals surface area contributed by atoms with E-state index in [1.165, 1.54) is 19.2 Å². The highest BCUT2D eigenvalue weighted by atomic mass is 19.4. The number of epoxide rings is 1. The van der Waals surface area contributed by atoms with Gasteiger partial charge in [-0.2, -0.15) is 13.2 Å². The first kappa shape index (κ1) is 12.7. The fourth-order valence-corrected chi connectivity index (χ4v) is 1.47. The summed E-state index contributed by atoms with van der Waals surface area (Å²) in [5.74, 6) is -0.955. The maximum Gasteiger partial charge on any atom is 0.429 e. The molecule has 1 aliphatic heterocycles. The van der Waals surface area contributed by atoms with Crippen molar-refractivity contribution in [2.75, 3.05) is 19.0 Å². The van der Waals surface area contributed by atoms with Crippen LogP contribution in [0.25, 0.3) is 0 Å². The maximum atomic E-state index is 12.6. The van der Waals surface area contributed by atoms with Gasteiger partial charge in [-0.1, -0.05) is 12.1 Å². The van der Waals surface area contributed by atoms with E-state index in [0.717, 1.165) is 0 Å². The number of methoxy groups -OCH3 is 1. The molecule has 1 aromatic carbocycles. The lowest BCUT2D eigenvalue weighted by Crippen LogP contribution is -2.44. The number of halogens is 3. The topological polar surface area (TPSA) is 50.9 Å². The van der Waals surface area contributed by atoms with Crippen molar-refractivity contribution in [1.29, 1.82) is 0 Å². The average molecular weight is 261 g/mol. The minimum Gasteiger partial charge on any atom is -0.495 e. The first-order valence-electron chi connectivity index (χ1n) is 5.06. The third-order valence-electron chi connectivity index (χ3n) is 2.61. The van der Waals surface area contributed by atoms with Crippen molar-refractivity contribution < 1.29 is 27.4 Å². The molecule has 1 saturated heterocycles. The first-order chi connectivity index (χ1) is 8.40. The number of alkyl halides is 3. The molecular formula is C11H10F3NO3. The van der Waals surface area contributed by atoms with E-state index in [2.05, 4.69) is 10.1 Å². The zero-order chi connectivity index (χ0) is 13.4. The van der Waals surface area contributed by atoms with Crippen molar-refractivity contribution in [3.8, 4) is 5.75 Å². The van der Waals surface area contributed by atoms with Crippen LogP contribution < -0.4 is 10.1 Å². The second-order valence-electron chi connectivity index (χ2n) is 3.77. The lowest BCUT2D eigenvalue weighted by atomic mass is 10.1. The van der Waals surface area contributed by atoms with E-state index in [1.54, 1.807) is 12.1 Å². The Hall–Kier alpha value is -1.76. The second-order valence-corrected chi connectivity index (χ2v) is 3.77. The molecule has 4 nitrogen and oxygen atoms in total. The molecule has 0 spiro atoms. The third-order valence-corrected chi connectivity index (χ3v) is 2.61. The Morgan fingerprint density at radius 2 is 2.06 bits per heavy atom. The van der Waals surface area contributed by atoms with Crippen LogP contribution in [0.5, 0.6) is 5.75 Å². The lowest BCUT2D eigenvalue weighted by Gasteiger charge is -2.16. The van der Waals surface area contributed by atoms with E-state index in [0.29, 0.717) is 0 Å². The quantitative estimate of drug-likeness (QED) is 0.846. The molecule has 0 aliphatic carbocycles. The van der Waals surface area contributed by atoms with E-state index >= 15 is 0 Å². The molecule has 98 valence electrons. The Bertz CT molecular complexity index is 469. The first-order valence-corrected chi connectivity index (χ1v) is 5.06. The summed E-state index contributed by atoms with van der Waals surface area (Å²) >= 11 is 0. The monoisotopic (exact) mass is 261 g/mol. The van der Waals surface area contributed by atoms with Crippen molar-refractivity contribution >= 4 is 11.6 Å². The Balaban J connectivity index is 2.18. The van der Waals surface area contributed by atoms with Gasteiger partial charge in [0.1, 0.15) is 5.75 Å². The molecule has 18 heavy (non-hydrogen) atoms. The van der Waals surface area contributed by atoms with Crippen molar-refractivity contribution in [1.82, 2.24) is 0 Å². The molecule has 0 unspecified atom stereocenters. The van der Waals surface area contributed by atoms with Crippen molar-refractivity contribution in [2.24, 2.45) is 0 Å². The van der Waals surface area contributed by atoms with Crippen molar-refractivity contribution in [3.05, 3.63) is 24.3 Å². The number of para-hydroxylation sites is 2. The predicted octanol–water partition coefficient (Wildman–Crippen LogP) is 1.96. The predicted molar refractivity (Wildman–Crippen MR) is 56.4 cm³/mol. The lowest BCUT2D eigenvalue weighted by molar-refractivity contribution is -0.186. The molecule has 1 N–H and O–H groups in total. The van der Waals surface area contributed by atoms with Crippen LogP contribution in [0.2, 0.25) is 0 Å². The van der Waals surface area contributed by atoms with Crippen LogP contribution in [0, 0.1) is 0 Å². The van der Waals surface area contributed by atoms with Crippen LogP contribution in [-0.2, 0) is 9.53 Å². The fraction of sp³-hybridized carbons (Fsp3) is 0.364. The Kier molecular flexibility index (Phi) is 2.94. The fourth-order valence-electron chi connectivity index (χ4n) is 1.47. The molecule has 0 radical (unpaired) electrons. The number of amides is 1. The second kappa shape index (κ2) is 4.16. The zero-order valence-corrected chi connectivity index (χ0v) is 9.38. The number of carbonyl (C=O) groups excluding carboxylic acids is 1. The van der Waals surface area contributed by atoms with Crippen molar-refractivity contribution in [2.45, 2.75) is 11.8 Å². The molecule has 1 amide bonds. The highest BCUT2D eigenvalue weighted by Crippen LogP contribution is 2.44. The number of rotatable bonds is 3. The molecule has 7 heteroatoms. The minimum atomic E-state index is -4.72. The third kappa shape index (κ3) is 2.01. The van der Waals surface area contributed by atoms with Gasteiger partial charge in [0.2, 0.25) is 0 Å². The van der Waals surface area contributed by atoms with Crippen LogP contribution in [-0.4, -0.2) is 31.4 Å². The van der Waals surface area contributed by atoms with Gasteiger partial charge in [-0.15, -0.1) is 0 Å². The Morgan fingerprint density at radius 1 is 1.44 bits per heavy atom. The number of benzene rings is 1. The highest BCUT2D eigenvalue weighted by molar-refractivity contribution is 6.00. The smallest absolute Gasteiger partial charge is 0.429 e. The normalized spacial score (nSPS) is 22.4. The summed E-state index contributed by atoms with van der Waals surface area (Å²) in [7, 11) is 1.36. The summed E-state index contributed by atoms with van der Waals surface area (Å²) in [6, 6.07) is 6.20. The van der Waals surface area contributed by atoms with E-state index < -0.39 is 24.3 Å². The molecule has 1 fully saturated rings. The van der Waals surface area contributed by atoms with Gasteiger partial charge in [0.05, 0.1) is 19.4 Å². The van der Waals surface area contributed by atoms with Crippen LogP contribution in [0.4, 0.5) is 18.9 Å². The van der Waals surface area contributed by atoms with E-state index in [9.17, 15) is 18.0 Å². The van der Waals surface area contributed by atoms with Crippen LogP contribution in [0.15, 0.2) is 24.3 Å². The Labute approximate surface area is 101 Å². The van der Waals surface area contributed by atoms with E-state index in [-0.39, 0.29) is 11.4 Å². The van der Waals surface area contributed by atoms with Gasteiger partial charge in [0, 0.05) is 0 Å². The van der Waals surface area contributed by atoms with Crippen LogP contribution >= 0.6 is 0 Å². The van der Waals surface area contributed by atoms with Gasteiger partial charge in [0.25, 0.3) is 11.5 Å². The van der Waals surface area contributed by atoms with Gasteiger partial charge in [-0.25, -0.2) is 0 Å². The summed E-state index contributed by atoms with van der Waals surface area (Å²) in [5, 5.41) is 2.16. The summed E-state index contributed by atoms with van der Waals surface area (Å²) in [4.78, 5) is 11.6. The molecule has 1 heterocycles. The number of ether oxygens (including phenoxy) is 2. The van der Waals surface area contributed by atoms with Crippen LogP contribution in [0.1, 0.15) is 0 Å². The minimum absolute atomic E-state index is 0.170. The molecular weight excluding hydrogens is 251 g/mol. The van der Waals surface area contributed by atoms with E-state index in [4.69, 9.17) is 4.74 Å². The van der Waals surface area contributed by atoms with E-state index in [1.807, 2.05) is 0 Å². The van der Waals surface area contributed by atoms with Crippen molar-refractivity contribution in [3.63, 3.8) is 0 Å². The number of carbonyl (C=O) groups is 1. The summed E-state index contributed by atoms with van der Waals surface area (Å²) in [6.07, 6.45) is -4.72. The standard InChI is InChI=1S/C11H10F3NO3/c1-17-8-5-3-2-4-7(8)15-9(16)10(6-18-10)11(12,13)14/h2-5H,6H2,1H3,(H,15,16)/t10-/m1/s1. The SMILES string of the molecule is COc1ccccc1NC(=O)[C@@]1(C(F)(F)F)CO1. The molecule has 0 saturated carbocycles. The van der Waals surface area contributed by atoms with Crippen LogP contribution in [0.3, 0.4) is 0 Å². The van der Waals surface area contributed by atoms with Gasteiger partial charge in [-0.3, -0.25) is 4.79 Å². The zero-order valence-electron chi connectivity index (χ0n) is 9.38. The van der Waals surface area contributed by atoms with Gasteiger partial charge in [-0.05, 0) is 12.1 Å². The number of nitrogens with one attached hydrogen (secondary N) is 1. The average Bonchev–Trinajstić information content (AvgIpc) is 3.10. The summed E-state index contributed by atoms with van der Waals surface area (Å²) in [5.41, 5.74) is -2.54. The molecule has 0 aromatic heterocycles. The highest BCUT2D eigenvalue weighted by Gasteiger charge is 2.71. The Morgan fingerprint density at radius 3 is 2.56 bits per heavy atom. The molecule has 1 aromatic rings. The summed E-state index contributed by atoms with van der Waals surface area (Å²) < 4.78 is 47.1. The van der Waals surface area contributed by atoms with Gasteiger partial charge in [0.15, 0.2) is 0 Å². The number of anilines is 1. The molecule has 2 rings (SSSR count). The molecule has 0 bridgehead atoms. The largest absolute Gasteiger partial charge is 0.495 e. The molecule has 1 aliphatic rings. The molecule has 1 atom stereocenters.